The summed E-state index contributed by atoms with van der Waals surface area (Å²) in [6, 6.07) is 2.55. The number of anilines is 1. The fourth-order valence-electron chi connectivity index (χ4n) is 2.34. The van der Waals surface area contributed by atoms with Gasteiger partial charge < -0.3 is 15.5 Å². The fourth-order valence-corrected chi connectivity index (χ4v) is 2.34. The van der Waals surface area contributed by atoms with Crippen molar-refractivity contribution in [2.24, 2.45) is 5.73 Å². The maximum Gasteiger partial charge on any atom is 0.155 e. The quantitative estimate of drug-likeness (QED) is 0.825. The van der Waals surface area contributed by atoms with Crippen LogP contribution in [0.2, 0.25) is 0 Å². The van der Waals surface area contributed by atoms with Gasteiger partial charge in [-0.2, -0.15) is 5.10 Å². The zero-order valence-corrected chi connectivity index (χ0v) is 10.6. The summed E-state index contributed by atoms with van der Waals surface area (Å²) in [5.74, 6) is 0.960. The Morgan fingerprint density at radius 1 is 1.53 bits per heavy atom. The molecule has 0 aliphatic carbocycles. The van der Waals surface area contributed by atoms with Gasteiger partial charge in [-0.15, -0.1) is 5.10 Å². The van der Waals surface area contributed by atoms with E-state index >= 15 is 0 Å². The first-order valence-electron chi connectivity index (χ1n) is 6.14. The second-order valence-corrected chi connectivity index (χ2v) is 4.79. The third-order valence-corrected chi connectivity index (χ3v) is 3.43. The first-order chi connectivity index (χ1) is 8.22. The minimum atomic E-state index is 0.522. The smallest absolute Gasteiger partial charge is 0.155 e. The minimum Gasteiger partial charge on any atom is -0.353 e. The van der Waals surface area contributed by atoms with Gasteiger partial charge in [0.05, 0.1) is 6.20 Å². The molecule has 0 bridgehead atoms. The Kier molecular flexibility index (Phi) is 3.91. The first kappa shape index (κ1) is 12.3. The van der Waals surface area contributed by atoms with Crippen molar-refractivity contribution in [1.29, 1.82) is 0 Å². The van der Waals surface area contributed by atoms with Crippen molar-refractivity contribution in [3.63, 3.8) is 0 Å². The number of hydrogen-bond acceptors (Lipinski definition) is 5. The first-order valence-corrected chi connectivity index (χ1v) is 6.14. The third kappa shape index (κ3) is 2.73. The Morgan fingerprint density at radius 3 is 3.06 bits per heavy atom. The van der Waals surface area contributed by atoms with Crippen molar-refractivity contribution in [3.05, 3.63) is 17.8 Å². The number of piperidine rings is 1. The fraction of sp³-hybridized carbons (Fsp3) is 0.667. The van der Waals surface area contributed by atoms with Crippen LogP contribution in [-0.4, -0.2) is 48.3 Å². The van der Waals surface area contributed by atoms with Gasteiger partial charge in [0.2, 0.25) is 0 Å². The van der Waals surface area contributed by atoms with Gasteiger partial charge in [-0.25, -0.2) is 0 Å². The lowest BCUT2D eigenvalue weighted by atomic mass is 10.0. The van der Waals surface area contributed by atoms with Crippen LogP contribution in [-0.2, 0) is 6.54 Å². The monoisotopic (exact) mass is 235 g/mol. The SMILES string of the molecule is CN(C)C1CCCN(c2nnccc2CN)C1. The van der Waals surface area contributed by atoms with Crippen LogP contribution in [0.4, 0.5) is 5.82 Å². The lowest BCUT2D eigenvalue weighted by molar-refractivity contribution is 0.257. The van der Waals surface area contributed by atoms with E-state index in [1.165, 1.54) is 12.8 Å². The van der Waals surface area contributed by atoms with Gasteiger partial charge in [0.1, 0.15) is 0 Å². The summed E-state index contributed by atoms with van der Waals surface area (Å²) < 4.78 is 0. The molecule has 94 valence electrons. The van der Waals surface area contributed by atoms with Gasteiger partial charge in [-0.3, -0.25) is 0 Å². The minimum absolute atomic E-state index is 0.522. The van der Waals surface area contributed by atoms with Crippen molar-refractivity contribution in [1.82, 2.24) is 15.1 Å². The highest BCUT2D eigenvalue weighted by Crippen LogP contribution is 2.22. The zero-order valence-electron chi connectivity index (χ0n) is 10.6. The highest BCUT2D eigenvalue weighted by Gasteiger charge is 2.23. The van der Waals surface area contributed by atoms with Crippen LogP contribution < -0.4 is 10.6 Å². The number of likely N-dealkylation sites (N-methyl/N-ethyl adjacent to an activating group) is 1. The molecule has 17 heavy (non-hydrogen) atoms. The molecule has 0 aromatic carbocycles. The van der Waals surface area contributed by atoms with E-state index in [1.54, 1.807) is 6.20 Å². The molecule has 1 aliphatic rings. The molecular weight excluding hydrogens is 214 g/mol. The van der Waals surface area contributed by atoms with Crippen LogP contribution >= 0.6 is 0 Å². The van der Waals surface area contributed by atoms with E-state index in [0.29, 0.717) is 12.6 Å². The summed E-state index contributed by atoms with van der Waals surface area (Å²) in [7, 11) is 4.27. The Hall–Kier alpha value is -1.20. The van der Waals surface area contributed by atoms with Crippen molar-refractivity contribution in [2.75, 3.05) is 32.1 Å². The topological polar surface area (TPSA) is 58.3 Å². The van der Waals surface area contributed by atoms with Gasteiger partial charge in [-0.1, -0.05) is 0 Å². The van der Waals surface area contributed by atoms with Crippen molar-refractivity contribution in [3.8, 4) is 0 Å². The molecule has 5 heteroatoms. The van der Waals surface area contributed by atoms with Gasteiger partial charge in [-0.05, 0) is 33.0 Å². The molecule has 2 N–H and O–H groups in total. The van der Waals surface area contributed by atoms with Crippen molar-refractivity contribution >= 4 is 5.82 Å². The second kappa shape index (κ2) is 5.42. The average Bonchev–Trinajstić information content (AvgIpc) is 2.39. The number of nitrogens with zero attached hydrogens (tertiary/aromatic N) is 4. The molecule has 1 aromatic rings. The molecule has 1 fully saturated rings. The maximum absolute atomic E-state index is 5.75. The molecule has 2 heterocycles. The molecule has 0 spiro atoms. The second-order valence-electron chi connectivity index (χ2n) is 4.79. The van der Waals surface area contributed by atoms with Crippen LogP contribution in [0.3, 0.4) is 0 Å². The predicted octanol–water partition coefficient (Wildman–Crippen LogP) is 0.466. The number of rotatable bonds is 3. The summed E-state index contributed by atoms with van der Waals surface area (Å²) >= 11 is 0. The van der Waals surface area contributed by atoms with Crippen LogP contribution in [0.5, 0.6) is 0 Å². The Labute approximate surface area is 103 Å². The zero-order chi connectivity index (χ0) is 12.3. The van der Waals surface area contributed by atoms with Crippen LogP contribution in [0, 0.1) is 0 Å². The van der Waals surface area contributed by atoms with Gasteiger partial charge in [0.15, 0.2) is 5.82 Å². The van der Waals surface area contributed by atoms with E-state index in [2.05, 4.69) is 34.1 Å². The Bertz CT molecular complexity index is 366. The van der Waals surface area contributed by atoms with E-state index in [4.69, 9.17) is 5.73 Å². The van der Waals surface area contributed by atoms with Gasteiger partial charge in [0, 0.05) is 31.2 Å². The molecule has 5 nitrogen and oxygen atoms in total. The normalized spacial score (nSPS) is 20.9. The third-order valence-electron chi connectivity index (χ3n) is 3.43. The van der Waals surface area contributed by atoms with E-state index in [0.717, 1.165) is 24.5 Å². The van der Waals surface area contributed by atoms with Crippen LogP contribution in [0.15, 0.2) is 12.3 Å². The van der Waals surface area contributed by atoms with E-state index in [1.807, 2.05) is 6.07 Å². The molecule has 2 rings (SSSR count). The Morgan fingerprint density at radius 2 is 2.35 bits per heavy atom. The summed E-state index contributed by atoms with van der Waals surface area (Å²) in [6.45, 7) is 2.59. The van der Waals surface area contributed by atoms with E-state index < -0.39 is 0 Å². The van der Waals surface area contributed by atoms with Crippen molar-refractivity contribution < 1.29 is 0 Å². The molecule has 1 aliphatic heterocycles. The predicted molar refractivity (Wildman–Crippen MR) is 68.8 cm³/mol. The van der Waals surface area contributed by atoms with Gasteiger partial charge in [0.25, 0.3) is 0 Å². The summed E-state index contributed by atoms with van der Waals surface area (Å²) in [5.41, 5.74) is 6.83. The molecular formula is C12H21N5. The summed E-state index contributed by atoms with van der Waals surface area (Å²) in [5, 5.41) is 8.22. The number of nitrogens with two attached hydrogens (primary N) is 1. The summed E-state index contributed by atoms with van der Waals surface area (Å²) in [6.07, 6.45) is 4.16. The lowest BCUT2D eigenvalue weighted by Gasteiger charge is -2.37. The number of aromatic nitrogens is 2. The highest BCUT2D eigenvalue weighted by atomic mass is 15.3. The van der Waals surface area contributed by atoms with Crippen molar-refractivity contribution in [2.45, 2.75) is 25.4 Å². The molecule has 0 amide bonds. The average molecular weight is 235 g/mol. The van der Waals surface area contributed by atoms with Crippen LogP contribution in [0.25, 0.3) is 0 Å². The molecule has 1 unspecified atom stereocenters. The van der Waals surface area contributed by atoms with E-state index in [9.17, 15) is 0 Å². The van der Waals surface area contributed by atoms with E-state index in [-0.39, 0.29) is 0 Å². The molecule has 1 atom stereocenters. The molecule has 1 aromatic heterocycles. The molecule has 0 saturated carbocycles. The summed E-state index contributed by atoms with van der Waals surface area (Å²) in [4.78, 5) is 4.59. The standard InChI is InChI=1S/C12H21N5/c1-16(2)11-4-3-7-17(9-11)12-10(8-13)5-6-14-15-12/h5-6,11H,3-4,7-9,13H2,1-2H3. The van der Waals surface area contributed by atoms with Gasteiger partial charge >= 0.3 is 0 Å². The van der Waals surface area contributed by atoms with Crippen LogP contribution in [0.1, 0.15) is 18.4 Å². The lowest BCUT2D eigenvalue weighted by Crippen LogP contribution is -2.45. The largest absolute Gasteiger partial charge is 0.353 e. The molecule has 0 radical (unpaired) electrons. The number of hydrogen-bond donors (Lipinski definition) is 1. The Balaban J connectivity index is 2.16. The molecule has 1 saturated heterocycles. The maximum atomic E-state index is 5.75. The highest BCUT2D eigenvalue weighted by molar-refractivity contribution is 5.46.